The van der Waals surface area contributed by atoms with Crippen molar-refractivity contribution in [3.63, 3.8) is 0 Å². The molecule has 0 spiro atoms. The highest BCUT2D eigenvalue weighted by atomic mass is 19.1. The molecule has 4 nitrogen and oxygen atoms in total. The normalized spacial score (nSPS) is 11.9. The van der Waals surface area contributed by atoms with Crippen LogP contribution in [0.15, 0.2) is 42.7 Å². The summed E-state index contributed by atoms with van der Waals surface area (Å²) in [6.07, 6.45) is 2.91. The number of ether oxygens (including phenoxy) is 1. The van der Waals surface area contributed by atoms with Crippen molar-refractivity contribution in [2.24, 2.45) is 0 Å². The SMILES string of the molecule is CC(Oc1cccc(F)c1)C(=O)NCc1cc[nH]c1. The van der Waals surface area contributed by atoms with Crippen LogP contribution in [0.25, 0.3) is 0 Å². The van der Waals surface area contributed by atoms with Gasteiger partial charge >= 0.3 is 0 Å². The molecule has 0 saturated heterocycles. The van der Waals surface area contributed by atoms with E-state index in [-0.39, 0.29) is 5.91 Å². The minimum absolute atomic E-state index is 0.245. The molecule has 1 aromatic heterocycles. The minimum atomic E-state index is -0.680. The molecule has 19 heavy (non-hydrogen) atoms. The van der Waals surface area contributed by atoms with Crippen LogP contribution in [0.4, 0.5) is 4.39 Å². The van der Waals surface area contributed by atoms with Gasteiger partial charge in [-0.25, -0.2) is 4.39 Å². The molecule has 100 valence electrons. The smallest absolute Gasteiger partial charge is 0.261 e. The zero-order chi connectivity index (χ0) is 13.7. The number of H-pyrrole nitrogens is 1. The molecule has 1 unspecified atom stereocenters. The summed E-state index contributed by atoms with van der Waals surface area (Å²) in [6, 6.07) is 7.59. The average Bonchev–Trinajstić information content (AvgIpc) is 2.89. The zero-order valence-electron chi connectivity index (χ0n) is 10.5. The van der Waals surface area contributed by atoms with Crippen LogP contribution in [0.2, 0.25) is 0 Å². The van der Waals surface area contributed by atoms with Crippen LogP contribution in [-0.4, -0.2) is 17.0 Å². The van der Waals surface area contributed by atoms with Gasteiger partial charge in [0.1, 0.15) is 11.6 Å². The first-order valence-electron chi connectivity index (χ1n) is 5.97. The number of carbonyl (C=O) groups is 1. The van der Waals surface area contributed by atoms with Gasteiger partial charge in [-0.1, -0.05) is 6.07 Å². The van der Waals surface area contributed by atoms with E-state index >= 15 is 0 Å². The molecule has 0 aliphatic heterocycles. The Balaban J connectivity index is 1.85. The molecule has 0 saturated carbocycles. The maximum absolute atomic E-state index is 13.0. The summed E-state index contributed by atoms with van der Waals surface area (Å²) in [7, 11) is 0. The van der Waals surface area contributed by atoms with Gasteiger partial charge in [0, 0.05) is 25.0 Å². The summed E-state index contributed by atoms with van der Waals surface area (Å²) in [5.74, 6) is -0.299. The number of amides is 1. The fourth-order valence-corrected chi connectivity index (χ4v) is 1.60. The van der Waals surface area contributed by atoms with Crippen molar-refractivity contribution in [3.05, 3.63) is 54.1 Å². The van der Waals surface area contributed by atoms with Crippen LogP contribution in [0, 0.1) is 5.82 Å². The molecule has 2 rings (SSSR count). The molecule has 5 heteroatoms. The number of aromatic nitrogens is 1. The standard InChI is InChI=1S/C14H15FN2O2/c1-10(19-13-4-2-3-12(15)7-13)14(18)17-9-11-5-6-16-8-11/h2-8,10,16H,9H2,1H3,(H,17,18). The van der Waals surface area contributed by atoms with Crippen molar-refractivity contribution in [1.29, 1.82) is 0 Å². The monoisotopic (exact) mass is 262 g/mol. The highest BCUT2D eigenvalue weighted by Gasteiger charge is 2.14. The van der Waals surface area contributed by atoms with Crippen LogP contribution in [0.1, 0.15) is 12.5 Å². The highest BCUT2D eigenvalue weighted by molar-refractivity contribution is 5.80. The Labute approximate surface area is 110 Å². The second kappa shape index (κ2) is 6.04. The molecular formula is C14H15FN2O2. The van der Waals surface area contributed by atoms with E-state index < -0.39 is 11.9 Å². The van der Waals surface area contributed by atoms with Gasteiger partial charge < -0.3 is 15.0 Å². The fraction of sp³-hybridized carbons (Fsp3) is 0.214. The van der Waals surface area contributed by atoms with Crippen molar-refractivity contribution in [2.45, 2.75) is 19.6 Å². The lowest BCUT2D eigenvalue weighted by atomic mass is 10.3. The van der Waals surface area contributed by atoms with Gasteiger partial charge in [0.15, 0.2) is 6.10 Å². The van der Waals surface area contributed by atoms with Gasteiger partial charge in [-0.3, -0.25) is 4.79 Å². The van der Waals surface area contributed by atoms with Crippen molar-refractivity contribution in [2.75, 3.05) is 0 Å². The molecule has 0 bridgehead atoms. The lowest BCUT2D eigenvalue weighted by Crippen LogP contribution is -2.35. The van der Waals surface area contributed by atoms with E-state index in [2.05, 4.69) is 10.3 Å². The molecule has 2 aromatic rings. The predicted molar refractivity (Wildman–Crippen MR) is 69.1 cm³/mol. The zero-order valence-corrected chi connectivity index (χ0v) is 10.5. The molecule has 0 aliphatic rings. The van der Waals surface area contributed by atoms with E-state index in [1.165, 1.54) is 18.2 Å². The second-order valence-corrected chi connectivity index (χ2v) is 4.15. The third-order valence-corrected chi connectivity index (χ3v) is 2.61. The molecule has 1 amide bonds. The molecular weight excluding hydrogens is 247 g/mol. The maximum Gasteiger partial charge on any atom is 0.261 e. The first-order valence-corrected chi connectivity index (χ1v) is 5.97. The summed E-state index contributed by atoms with van der Waals surface area (Å²) in [6.45, 7) is 2.05. The Bertz CT molecular complexity index is 540. The van der Waals surface area contributed by atoms with Crippen molar-refractivity contribution < 1.29 is 13.9 Å². The van der Waals surface area contributed by atoms with Gasteiger partial charge in [-0.05, 0) is 30.7 Å². The van der Waals surface area contributed by atoms with Crippen LogP contribution in [-0.2, 0) is 11.3 Å². The topological polar surface area (TPSA) is 54.1 Å². The Hall–Kier alpha value is -2.30. The first kappa shape index (κ1) is 13.1. The summed E-state index contributed by atoms with van der Waals surface area (Å²) in [4.78, 5) is 14.7. The number of carbonyl (C=O) groups excluding carboxylic acids is 1. The molecule has 0 aliphatic carbocycles. The number of benzene rings is 1. The lowest BCUT2D eigenvalue weighted by Gasteiger charge is -2.14. The van der Waals surface area contributed by atoms with Crippen LogP contribution < -0.4 is 10.1 Å². The molecule has 1 aromatic carbocycles. The Kier molecular flexibility index (Phi) is 4.18. The van der Waals surface area contributed by atoms with Crippen molar-refractivity contribution in [1.82, 2.24) is 10.3 Å². The van der Waals surface area contributed by atoms with Crippen LogP contribution in [0.3, 0.4) is 0 Å². The summed E-state index contributed by atoms with van der Waals surface area (Å²) in [5, 5.41) is 2.74. The van der Waals surface area contributed by atoms with Crippen molar-refractivity contribution >= 4 is 5.91 Å². The third-order valence-electron chi connectivity index (χ3n) is 2.61. The third kappa shape index (κ3) is 3.84. The molecule has 1 atom stereocenters. The quantitative estimate of drug-likeness (QED) is 0.868. The Morgan fingerprint density at radius 3 is 3.00 bits per heavy atom. The second-order valence-electron chi connectivity index (χ2n) is 4.15. The van der Waals surface area contributed by atoms with E-state index in [4.69, 9.17) is 4.74 Å². The average molecular weight is 262 g/mol. The van der Waals surface area contributed by atoms with Crippen LogP contribution in [0.5, 0.6) is 5.75 Å². The lowest BCUT2D eigenvalue weighted by molar-refractivity contribution is -0.127. The maximum atomic E-state index is 13.0. The van der Waals surface area contributed by atoms with Gasteiger partial charge in [0.05, 0.1) is 0 Å². The number of hydrogen-bond acceptors (Lipinski definition) is 2. The van der Waals surface area contributed by atoms with Crippen molar-refractivity contribution in [3.8, 4) is 5.75 Å². The number of nitrogens with one attached hydrogen (secondary N) is 2. The van der Waals surface area contributed by atoms with E-state index in [1.807, 2.05) is 6.07 Å². The number of hydrogen-bond donors (Lipinski definition) is 2. The molecule has 0 radical (unpaired) electrons. The Morgan fingerprint density at radius 1 is 1.47 bits per heavy atom. The summed E-state index contributed by atoms with van der Waals surface area (Å²) >= 11 is 0. The highest BCUT2D eigenvalue weighted by Crippen LogP contribution is 2.13. The fourth-order valence-electron chi connectivity index (χ4n) is 1.60. The molecule has 0 fully saturated rings. The number of aromatic amines is 1. The van der Waals surface area contributed by atoms with E-state index in [1.54, 1.807) is 25.4 Å². The number of halogens is 1. The number of rotatable bonds is 5. The minimum Gasteiger partial charge on any atom is -0.481 e. The van der Waals surface area contributed by atoms with E-state index in [0.29, 0.717) is 12.3 Å². The van der Waals surface area contributed by atoms with E-state index in [0.717, 1.165) is 5.56 Å². The first-order chi connectivity index (χ1) is 9.15. The summed E-state index contributed by atoms with van der Waals surface area (Å²) in [5.41, 5.74) is 0.978. The predicted octanol–water partition coefficient (Wildman–Crippen LogP) is 2.24. The largest absolute Gasteiger partial charge is 0.481 e. The molecule has 2 N–H and O–H groups in total. The Morgan fingerprint density at radius 2 is 2.32 bits per heavy atom. The van der Waals surface area contributed by atoms with Gasteiger partial charge in [-0.2, -0.15) is 0 Å². The van der Waals surface area contributed by atoms with Crippen LogP contribution >= 0.6 is 0 Å². The van der Waals surface area contributed by atoms with E-state index in [9.17, 15) is 9.18 Å². The summed E-state index contributed by atoms with van der Waals surface area (Å²) < 4.78 is 18.3. The van der Waals surface area contributed by atoms with Gasteiger partial charge in [0.25, 0.3) is 5.91 Å². The van der Waals surface area contributed by atoms with Gasteiger partial charge in [0.2, 0.25) is 0 Å². The van der Waals surface area contributed by atoms with Gasteiger partial charge in [-0.15, -0.1) is 0 Å². The molecule has 1 heterocycles.